The molecule has 0 spiro atoms. The molecule has 0 unspecified atom stereocenters. The number of hydrogen-bond acceptors (Lipinski definition) is 2. The molecule has 1 amide bonds. The van der Waals surface area contributed by atoms with Gasteiger partial charge in [0.1, 0.15) is 6.61 Å². The summed E-state index contributed by atoms with van der Waals surface area (Å²) >= 11 is 3.43. The first-order chi connectivity index (χ1) is 9.31. The molecule has 1 aromatic rings. The molecule has 1 saturated heterocycles. The van der Waals surface area contributed by atoms with Crippen LogP contribution in [0.25, 0.3) is 0 Å². The highest BCUT2D eigenvalue weighted by Gasteiger charge is 2.32. The molecular weight excluding hydrogens is 306 g/mol. The Morgan fingerprint density at radius 3 is 2.74 bits per heavy atom. The highest BCUT2D eigenvalue weighted by molar-refractivity contribution is 9.09. The van der Waals surface area contributed by atoms with Crippen LogP contribution in [0.4, 0.5) is 4.79 Å². The van der Waals surface area contributed by atoms with Gasteiger partial charge < -0.3 is 9.64 Å². The first-order valence-electron chi connectivity index (χ1n) is 6.84. The summed E-state index contributed by atoms with van der Waals surface area (Å²) in [5.74, 6) is 0. The maximum Gasteiger partial charge on any atom is 0.410 e. The van der Waals surface area contributed by atoms with Gasteiger partial charge in [0.2, 0.25) is 0 Å². The van der Waals surface area contributed by atoms with Gasteiger partial charge in [0.25, 0.3) is 0 Å². The van der Waals surface area contributed by atoms with Gasteiger partial charge in [-0.1, -0.05) is 52.7 Å². The number of nitrogens with zero attached hydrogens (tertiary/aromatic N) is 1. The van der Waals surface area contributed by atoms with Crippen LogP contribution in [0.1, 0.15) is 24.8 Å². The van der Waals surface area contributed by atoms with E-state index in [0.29, 0.717) is 6.61 Å². The Bertz CT molecular complexity index is 396. The number of halogens is 1. The number of rotatable bonds is 7. The third kappa shape index (κ3) is 4.23. The minimum absolute atomic E-state index is 0.153. The van der Waals surface area contributed by atoms with Crippen LogP contribution < -0.4 is 0 Å². The lowest BCUT2D eigenvalue weighted by molar-refractivity contribution is 0.157. The predicted molar refractivity (Wildman–Crippen MR) is 79.6 cm³/mol. The third-order valence-corrected chi connectivity index (χ3v) is 3.98. The minimum Gasteiger partial charge on any atom is -0.447 e. The van der Waals surface area contributed by atoms with Gasteiger partial charge in [0.15, 0.2) is 0 Å². The standard InChI is InChI=1S/C15H20BrNO2/c16-9-5-2-6-10-17-14(12-19-15(17)18)11-13-7-3-1-4-8-13/h1,3-4,7-8,14H,2,5-6,9-12H2/t14-/m1/s1. The lowest BCUT2D eigenvalue weighted by atomic mass is 10.1. The SMILES string of the molecule is O=C1OC[C@@H](Cc2ccccc2)N1CCCCCBr. The van der Waals surface area contributed by atoms with Gasteiger partial charge in [0.05, 0.1) is 6.04 Å². The molecule has 19 heavy (non-hydrogen) atoms. The zero-order valence-electron chi connectivity index (χ0n) is 11.1. The number of unbranched alkanes of at least 4 members (excludes halogenated alkanes) is 2. The average molecular weight is 326 g/mol. The highest BCUT2D eigenvalue weighted by atomic mass is 79.9. The van der Waals surface area contributed by atoms with Crippen molar-refractivity contribution in [1.29, 1.82) is 0 Å². The van der Waals surface area contributed by atoms with Crippen molar-refractivity contribution in [3.63, 3.8) is 0 Å². The zero-order valence-corrected chi connectivity index (χ0v) is 12.6. The summed E-state index contributed by atoms with van der Waals surface area (Å²) < 4.78 is 5.19. The summed E-state index contributed by atoms with van der Waals surface area (Å²) in [6.07, 6.45) is 4.08. The maximum absolute atomic E-state index is 11.7. The molecular formula is C15H20BrNO2. The maximum atomic E-state index is 11.7. The van der Waals surface area contributed by atoms with Crippen LogP contribution in [0.3, 0.4) is 0 Å². The molecule has 1 heterocycles. The fourth-order valence-corrected chi connectivity index (χ4v) is 2.77. The molecule has 1 aliphatic heterocycles. The highest BCUT2D eigenvalue weighted by Crippen LogP contribution is 2.18. The molecule has 0 aromatic heterocycles. The lowest BCUT2D eigenvalue weighted by Crippen LogP contribution is -2.35. The summed E-state index contributed by atoms with van der Waals surface area (Å²) in [7, 11) is 0. The van der Waals surface area contributed by atoms with Gasteiger partial charge in [-0.05, 0) is 24.8 Å². The molecule has 0 radical (unpaired) electrons. The van der Waals surface area contributed by atoms with Gasteiger partial charge in [-0.3, -0.25) is 0 Å². The summed E-state index contributed by atoms with van der Waals surface area (Å²) in [6.45, 7) is 1.33. The van der Waals surface area contributed by atoms with Gasteiger partial charge in [-0.25, -0.2) is 4.79 Å². The van der Waals surface area contributed by atoms with Crippen LogP contribution in [0, 0.1) is 0 Å². The summed E-state index contributed by atoms with van der Waals surface area (Å²) in [6, 6.07) is 10.5. The van der Waals surface area contributed by atoms with Crippen molar-refractivity contribution in [3.05, 3.63) is 35.9 Å². The normalized spacial score (nSPS) is 18.7. The molecule has 3 nitrogen and oxygen atoms in total. The van der Waals surface area contributed by atoms with Gasteiger partial charge >= 0.3 is 6.09 Å². The van der Waals surface area contributed by atoms with E-state index >= 15 is 0 Å². The Morgan fingerprint density at radius 1 is 1.21 bits per heavy atom. The fourth-order valence-electron chi connectivity index (χ4n) is 2.37. The number of carbonyl (C=O) groups is 1. The largest absolute Gasteiger partial charge is 0.447 e. The van der Waals surface area contributed by atoms with Gasteiger partial charge in [-0.15, -0.1) is 0 Å². The van der Waals surface area contributed by atoms with Crippen LogP contribution in [-0.2, 0) is 11.2 Å². The molecule has 0 saturated carbocycles. The zero-order chi connectivity index (χ0) is 13.5. The quantitative estimate of drug-likeness (QED) is 0.566. The number of ether oxygens (including phenoxy) is 1. The number of alkyl halides is 1. The monoisotopic (exact) mass is 325 g/mol. The molecule has 0 N–H and O–H groups in total. The number of hydrogen-bond donors (Lipinski definition) is 0. The van der Waals surface area contributed by atoms with Crippen molar-refractivity contribution >= 4 is 22.0 Å². The second kappa shape index (κ2) is 7.53. The molecule has 1 aliphatic rings. The first kappa shape index (κ1) is 14.4. The smallest absolute Gasteiger partial charge is 0.410 e. The molecule has 1 atom stereocenters. The summed E-state index contributed by atoms with van der Waals surface area (Å²) in [5, 5.41) is 1.03. The van der Waals surface area contributed by atoms with Crippen LogP contribution in [0.5, 0.6) is 0 Å². The van der Waals surface area contributed by atoms with Crippen LogP contribution in [0.2, 0.25) is 0 Å². The molecule has 0 bridgehead atoms. The Labute approximate surface area is 123 Å². The molecule has 4 heteroatoms. The van der Waals surface area contributed by atoms with E-state index in [1.807, 2.05) is 23.1 Å². The summed E-state index contributed by atoms with van der Waals surface area (Å²) in [4.78, 5) is 13.6. The number of cyclic esters (lactones) is 1. The molecule has 104 valence electrons. The van der Waals surface area contributed by atoms with Gasteiger partial charge in [-0.2, -0.15) is 0 Å². The summed E-state index contributed by atoms with van der Waals surface area (Å²) in [5.41, 5.74) is 1.26. The van der Waals surface area contributed by atoms with E-state index in [2.05, 4.69) is 28.1 Å². The van der Waals surface area contributed by atoms with Crippen LogP contribution >= 0.6 is 15.9 Å². The molecule has 1 fully saturated rings. The molecule has 0 aliphatic carbocycles. The number of benzene rings is 1. The Hall–Kier alpha value is -1.03. The Morgan fingerprint density at radius 2 is 2.00 bits per heavy atom. The van der Waals surface area contributed by atoms with Crippen molar-refractivity contribution in [2.45, 2.75) is 31.7 Å². The van der Waals surface area contributed by atoms with Crippen molar-refractivity contribution in [3.8, 4) is 0 Å². The van der Waals surface area contributed by atoms with E-state index in [0.717, 1.165) is 37.6 Å². The average Bonchev–Trinajstić information content (AvgIpc) is 2.77. The predicted octanol–water partition coefficient (Wildman–Crippen LogP) is 3.62. The van der Waals surface area contributed by atoms with Crippen molar-refractivity contribution < 1.29 is 9.53 Å². The van der Waals surface area contributed by atoms with E-state index in [1.165, 1.54) is 5.56 Å². The van der Waals surface area contributed by atoms with Crippen molar-refractivity contribution in [2.75, 3.05) is 18.5 Å². The second-order valence-corrected chi connectivity index (χ2v) is 5.66. The number of amides is 1. The van der Waals surface area contributed by atoms with E-state index in [-0.39, 0.29) is 12.1 Å². The fraction of sp³-hybridized carbons (Fsp3) is 0.533. The van der Waals surface area contributed by atoms with Gasteiger partial charge in [0, 0.05) is 11.9 Å². The Balaban J connectivity index is 1.86. The van der Waals surface area contributed by atoms with E-state index < -0.39 is 0 Å². The van der Waals surface area contributed by atoms with E-state index in [1.54, 1.807) is 0 Å². The van der Waals surface area contributed by atoms with Crippen LogP contribution in [-0.4, -0.2) is 35.5 Å². The van der Waals surface area contributed by atoms with Crippen LogP contribution in [0.15, 0.2) is 30.3 Å². The first-order valence-corrected chi connectivity index (χ1v) is 7.96. The second-order valence-electron chi connectivity index (χ2n) is 4.86. The van der Waals surface area contributed by atoms with E-state index in [9.17, 15) is 4.79 Å². The van der Waals surface area contributed by atoms with Crippen molar-refractivity contribution in [1.82, 2.24) is 4.90 Å². The number of carbonyl (C=O) groups excluding carboxylic acids is 1. The van der Waals surface area contributed by atoms with Crippen molar-refractivity contribution in [2.24, 2.45) is 0 Å². The third-order valence-electron chi connectivity index (χ3n) is 3.42. The molecule has 1 aromatic carbocycles. The minimum atomic E-state index is -0.153. The molecule has 2 rings (SSSR count). The lowest BCUT2D eigenvalue weighted by Gasteiger charge is -2.21. The topological polar surface area (TPSA) is 29.5 Å². The Kier molecular flexibility index (Phi) is 5.70. The van der Waals surface area contributed by atoms with E-state index in [4.69, 9.17) is 4.74 Å².